The highest BCUT2D eigenvalue weighted by molar-refractivity contribution is 5.70. The van der Waals surface area contributed by atoms with Crippen LogP contribution in [0.4, 0.5) is 0 Å². The molecule has 5 fully saturated rings. The second-order valence-electron chi connectivity index (χ2n) is 16.3. The van der Waals surface area contributed by atoms with E-state index in [-0.39, 0.29) is 54.0 Å². The van der Waals surface area contributed by atoms with Crippen LogP contribution in [0.1, 0.15) is 107 Å². The highest BCUT2D eigenvalue weighted by atomic mass is 16.7. The van der Waals surface area contributed by atoms with E-state index in [1.54, 1.807) is 6.92 Å². The standard InChI is InChI=1S/C36H62O11/c1-10-34(31-20(3)16-26(43-31)28-19(2)15-21(4)36(41,18-37)46-28)12-11-27(44-34)33(8)13-14-35(47-33)17-25(38)22(5)30(45-35)23(6)29(42-9)24(7)32(39)40/h19-31,37-38,41H,10-18H2,1-9H3,(H,39,40)/t19-,20-,21+,22+,23+,24?,25-,26+,27+,28-,29+,30-,31+,33-,34-,35+,36-/m0/s1. The Morgan fingerprint density at radius 3 is 2.34 bits per heavy atom. The number of hydrogen-bond acceptors (Lipinski definition) is 10. The SMILES string of the molecule is CC[C@@]1([C@@H]2O[C@@H]([C@H]3O[C@@](O)(CO)[C@H](C)C[C@@H]3C)C[C@@H]2C)CC[C@H]([C@]2(C)CC[C@]3(C[C@H](O)[C@@H](C)[C@@H]([C@H](C)[C@@H](OC)C(C)C(=O)O)O3)O2)O1. The van der Waals surface area contributed by atoms with E-state index < -0.39 is 59.6 Å². The minimum atomic E-state index is -1.56. The molecule has 5 aliphatic heterocycles. The Morgan fingerprint density at radius 2 is 1.72 bits per heavy atom. The van der Waals surface area contributed by atoms with Crippen molar-refractivity contribution in [2.45, 2.75) is 172 Å². The minimum Gasteiger partial charge on any atom is -0.481 e. The van der Waals surface area contributed by atoms with E-state index >= 15 is 0 Å². The first-order valence-corrected chi connectivity index (χ1v) is 18.1. The largest absolute Gasteiger partial charge is 0.481 e. The lowest BCUT2D eigenvalue weighted by atomic mass is 9.78. The van der Waals surface area contributed by atoms with Crippen LogP contribution in [0.15, 0.2) is 0 Å². The number of hydrogen-bond donors (Lipinski definition) is 4. The van der Waals surface area contributed by atoms with Crippen molar-refractivity contribution in [3.63, 3.8) is 0 Å². The van der Waals surface area contributed by atoms with Gasteiger partial charge in [-0.3, -0.25) is 4.79 Å². The average Bonchev–Trinajstić information content (AvgIpc) is 3.73. The quantitative estimate of drug-likeness (QED) is 0.264. The Kier molecular flexibility index (Phi) is 10.9. The topological polar surface area (TPSA) is 153 Å². The summed E-state index contributed by atoms with van der Waals surface area (Å²) in [6.07, 6.45) is 2.99. The molecule has 1 unspecified atom stereocenters. The van der Waals surface area contributed by atoms with Crippen LogP contribution in [0.5, 0.6) is 0 Å². The summed E-state index contributed by atoms with van der Waals surface area (Å²) in [6, 6.07) is 0. The van der Waals surface area contributed by atoms with Gasteiger partial charge in [0, 0.05) is 37.7 Å². The molecule has 5 aliphatic rings. The van der Waals surface area contributed by atoms with E-state index in [2.05, 4.69) is 27.7 Å². The van der Waals surface area contributed by atoms with Crippen LogP contribution in [0.2, 0.25) is 0 Å². The van der Waals surface area contributed by atoms with Crippen molar-refractivity contribution >= 4 is 5.97 Å². The van der Waals surface area contributed by atoms with Crippen molar-refractivity contribution < 1.29 is 53.6 Å². The molecular weight excluding hydrogens is 608 g/mol. The monoisotopic (exact) mass is 670 g/mol. The second-order valence-corrected chi connectivity index (χ2v) is 16.3. The molecule has 4 N–H and O–H groups in total. The van der Waals surface area contributed by atoms with Crippen LogP contribution in [0.3, 0.4) is 0 Å². The predicted molar refractivity (Wildman–Crippen MR) is 172 cm³/mol. The summed E-state index contributed by atoms with van der Waals surface area (Å²) in [5.74, 6) is -4.52. The number of rotatable bonds is 10. The third kappa shape index (κ3) is 6.67. The summed E-state index contributed by atoms with van der Waals surface area (Å²) in [5.41, 5.74) is -1.15. The molecule has 0 radical (unpaired) electrons. The van der Waals surface area contributed by atoms with Crippen molar-refractivity contribution in [3.05, 3.63) is 0 Å². The fourth-order valence-electron chi connectivity index (χ4n) is 9.91. The number of aliphatic carboxylic acids is 1. The maximum Gasteiger partial charge on any atom is 0.308 e. The molecule has 272 valence electrons. The Bertz CT molecular complexity index is 1110. The fourth-order valence-corrected chi connectivity index (χ4v) is 9.91. The van der Waals surface area contributed by atoms with Gasteiger partial charge < -0.3 is 48.8 Å². The number of aliphatic hydroxyl groups is 3. The Balaban J connectivity index is 1.29. The summed E-state index contributed by atoms with van der Waals surface area (Å²) < 4.78 is 39.4. The zero-order chi connectivity index (χ0) is 34.7. The van der Waals surface area contributed by atoms with Gasteiger partial charge in [-0.25, -0.2) is 0 Å². The second kappa shape index (κ2) is 13.7. The van der Waals surface area contributed by atoms with Gasteiger partial charge in [-0.15, -0.1) is 0 Å². The van der Waals surface area contributed by atoms with Crippen LogP contribution < -0.4 is 0 Å². The lowest BCUT2D eigenvalue weighted by Crippen LogP contribution is -2.57. The smallest absolute Gasteiger partial charge is 0.308 e. The maximum absolute atomic E-state index is 11.8. The molecule has 0 saturated carbocycles. The molecule has 0 aromatic heterocycles. The van der Waals surface area contributed by atoms with Crippen LogP contribution in [-0.2, 0) is 33.2 Å². The molecule has 47 heavy (non-hydrogen) atoms. The van der Waals surface area contributed by atoms with Crippen molar-refractivity contribution in [2.75, 3.05) is 13.7 Å². The lowest BCUT2D eigenvalue weighted by molar-refractivity contribution is -0.336. The molecule has 1 spiro atoms. The summed E-state index contributed by atoms with van der Waals surface area (Å²) >= 11 is 0. The van der Waals surface area contributed by atoms with E-state index in [0.717, 1.165) is 32.1 Å². The van der Waals surface area contributed by atoms with Gasteiger partial charge in [0.1, 0.15) is 0 Å². The van der Waals surface area contributed by atoms with E-state index in [1.165, 1.54) is 7.11 Å². The number of ether oxygens (including phenoxy) is 6. The van der Waals surface area contributed by atoms with Crippen LogP contribution in [0.25, 0.3) is 0 Å². The molecule has 5 rings (SSSR count). The van der Waals surface area contributed by atoms with Crippen molar-refractivity contribution in [2.24, 2.45) is 35.5 Å². The third-order valence-corrected chi connectivity index (χ3v) is 13.0. The summed E-state index contributed by atoms with van der Waals surface area (Å²) in [4.78, 5) is 11.8. The number of aliphatic hydroxyl groups excluding tert-OH is 2. The molecule has 5 heterocycles. The Morgan fingerprint density at radius 1 is 1.02 bits per heavy atom. The average molecular weight is 671 g/mol. The Labute approximate surface area is 281 Å². The van der Waals surface area contributed by atoms with Crippen LogP contribution in [0, 0.1) is 35.5 Å². The van der Waals surface area contributed by atoms with Gasteiger partial charge in [-0.1, -0.05) is 41.5 Å². The summed E-state index contributed by atoms with van der Waals surface area (Å²) in [7, 11) is 1.52. The molecule has 5 saturated heterocycles. The van der Waals surface area contributed by atoms with E-state index in [0.29, 0.717) is 19.3 Å². The maximum atomic E-state index is 11.8. The normalized spacial score (nSPS) is 50.9. The zero-order valence-corrected chi connectivity index (χ0v) is 30.0. The van der Waals surface area contributed by atoms with Gasteiger partial charge >= 0.3 is 5.97 Å². The first kappa shape index (κ1) is 37.4. The molecule has 0 bridgehead atoms. The van der Waals surface area contributed by atoms with Crippen LogP contribution >= 0.6 is 0 Å². The molecule has 11 heteroatoms. The van der Waals surface area contributed by atoms with Crippen molar-refractivity contribution in [3.8, 4) is 0 Å². The van der Waals surface area contributed by atoms with Gasteiger partial charge in [0.25, 0.3) is 0 Å². The minimum absolute atomic E-state index is 0.153. The number of carboxylic acids is 1. The predicted octanol–water partition coefficient (Wildman–Crippen LogP) is 4.27. The van der Waals surface area contributed by atoms with E-state index in [4.69, 9.17) is 28.4 Å². The molecule has 11 nitrogen and oxygen atoms in total. The number of carboxylic acid groups (broad SMARTS) is 1. The zero-order valence-electron chi connectivity index (χ0n) is 30.0. The van der Waals surface area contributed by atoms with Gasteiger partial charge in [-0.05, 0) is 64.2 Å². The van der Waals surface area contributed by atoms with E-state index in [1.807, 2.05) is 20.8 Å². The third-order valence-electron chi connectivity index (χ3n) is 13.0. The lowest BCUT2D eigenvalue weighted by Gasteiger charge is -2.49. The first-order valence-electron chi connectivity index (χ1n) is 18.1. The molecule has 0 amide bonds. The van der Waals surface area contributed by atoms with Gasteiger partial charge in [-0.2, -0.15) is 0 Å². The first-order chi connectivity index (χ1) is 22.0. The fraction of sp³-hybridized carbons (Fsp3) is 0.972. The highest BCUT2D eigenvalue weighted by Crippen LogP contribution is 2.55. The summed E-state index contributed by atoms with van der Waals surface area (Å²) in [6.45, 7) is 15.6. The van der Waals surface area contributed by atoms with Crippen LogP contribution in [-0.4, -0.2) is 106 Å². The van der Waals surface area contributed by atoms with Gasteiger partial charge in [0.15, 0.2) is 11.6 Å². The molecule has 0 aliphatic carbocycles. The number of carbonyl (C=O) groups is 1. The highest BCUT2D eigenvalue weighted by Gasteiger charge is 2.62. The molecule has 0 aromatic rings. The Hall–Kier alpha value is -0.890. The molecule has 0 aromatic carbocycles. The summed E-state index contributed by atoms with van der Waals surface area (Å²) in [5, 5.41) is 41.8. The van der Waals surface area contributed by atoms with E-state index in [9.17, 15) is 25.2 Å². The van der Waals surface area contributed by atoms with Crippen molar-refractivity contribution in [1.82, 2.24) is 0 Å². The number of methoxy groups -OCH3 is 1. The molecular formula is C36H62O11. The van der Waals surface area contributed by atoms with Gasteiger partial charge in [0.2, 0.25) is 0 Å². The molecule has 17 atom stereocenters. The van der Waals surface area contributed by atoms with Crippen molar-refractivity contribution in [1.29, 1.82) is 0 Å². The van der Waals surface area contributed by atoms with Gasteiger partial charge in [0.05, 0.1) is 66.5 Å².